The Labute approximate surface area is 288 Å². The van der Waals surface area contributed by atoms with Gasteiger partial charge in [-0.05, 0) is 86.8 Å². The number of carbonyl (C=O) groups is 1. The molecule has 1 saturated heterocycles. The smallest absolute Gasteiger partial charge is 0.416 e. The summed E-state index contributed by atoms with van der Waals surface area (Å²) in [6.07, 6.45) is -2.65. The Bertz CT molecular complexity index is 1740. The molecule has 1 aliphatic rings. The Balaban J connectivity index is 1.39. The zero-order valence-corrected chi connectivity index (χ0v) is 28.5. The first kappa shape index (κ1) is 35.8. The second-order valence-corrected chi connectivity index (χ2v) is 12.6. The van der Waals surface area contributed by atoms with Crippen molar-refractivity contribution in [2.75, 3.05) is 56.6 Å². The second kappa shape index (κ2) is 15.4. The SMILES string of the molecule is Cc1cc(C)c(C(c2cc(C(F)(F)F)ccc2Cl)N(C(=O)[O-])c2ccnc(Nc3ccc(OCCCN4CCN(C)CC4)nc3)n2)c(C)c1. The number of pyridine rings is 1. The van der Waals surface area contributed by atoms with Gasteiger partial charge >= 0.3 is 6.18 Å². The maximum Gasteiger partial charge on any atom is 0.416 e. The zero-order chi connectivity index (χ0) is 35.3. The number of carboxylic acid groups (broad SMARTS) is 1. The van der Waals surface area contributed by atoms with Crippen molar-refractivity contribution in [1.82, 2.24) is 24.8 Å². The third-order valence-corrected chi connectivity index (χ3v) is 8.77. The molecule has 0 bridgehead atoms. The predicted octanol–water partition coefficient (Wildman–Crippen LogP) is 6.17. The number of alkyl halides is 3. The molecule has 1 unspecified atom stereocenters. The first-order chi connectivity index (χ1) is 23.3. The number of nitrogens with one attached hydrogen (secondary N) is 1. The van der Waals surface area contributed by atoms with Gasteiger partial charge in [-0.15, -0.1) is 0 Å². The monoisotopic (exact) mass is 696 g/mol. The molecule has 0 saturated carbocycles. The molecule has 1 fully saturated rings. The highest BCUT2D eigenvalue weighted by Crippen LogP contribution is 2.42. The topological polar surface area (TPSA) is 110 Å². The van der Waals surface area contributed by atoms with Crippen LogP contribution in [0.1, 0.15) is 45.8 Å². The van der Waals surface area contributed by atoms with Crippen LogP contribution < -0.4 is 20.1 Å². The van der Waals surface area contributed by atoms with Crippen molar-refractivity contribution in [2.45, 2.75) is 39.4 Å². The fourth-order valence-corrected chi connectivity index (χ4v) is 6.28. The highest BCUT2D eigenvalue weighted by molar-refractivity contribution is 6.31. The van der Waals surface area contributed by atoms with Gasteiger partial charge in [0.15, 0.2) is 0 Å². The summed E-state index contributed by atoms with van der Waals surface area (Å²) in [7, 11) is 2.13. The lowest BCUT2D eigenvalue weighted by atomic mass is 9.88. The Morgan fingerprint density at radius 3 is 2.39 bits per heavy atom. The summed E-state index contributed by atoms with van der Waals surface area (Å²) in [6.45, 7) is 11.1. The number of aromatic nitrogens is 3. The molecule has 14 heteroatoms. The van der Waals surface area contributed by atoms with Crippen LogP contribution in [0.25, 0.3) is 0 Å². The average molecular weight is 697 g/mol. The number of benzene rings is 2. The van der Waals surface area contributed by atoms with Crippen molar-refractivity contribution in [1.29, 1.82) is 0 Å². The summed E-state index contributed by atoms with van der Waals surface area (Å²) in [6, 6.07) is 9.90. The van der Waals surface area contributed by atoms with Gasteiger partial charge in [-0.2, -0.15) is 18.2 Å². The van der Waals surface area contributed by atoms with Crippen LogP contribution in [-0.4, -0.2) is 77.2 Å². The van der Waals surface area contributed by atoms with Crippen molar-refractivity contribution in [2.24, 2.45) is 0 Å². The summed E-state index contributed by atoms with van der Waals surface area (Å²) < 4.78 is 47.4. The molecule has 2 aromatic heterocycles. The van der Waals surface area contributed by atoms with Crippen LogP contribution in [0, 0.1) is 20.8 Å². The van der Waals surface area contributed by atoms with E-state index in [1.165, 1.54) is 18.5 Å². The number of rotatable bonds is 11. The molecule has 3 heterocycles. The third-order valence-electron chi connectivity index (χ3n) is 8.43. The van der Waals surface area contributed by atoms with E-state index in [-0.39, 0.29) is 22.4 Å². The number of carbonyl (C=O) groups excluding carboxylic acids is 1. The number of ether oxygens (including phenoxy) is 1. The molecule has 1 N–H and O–H groups in total. The Morgan fingerprint density at radius 2 is 1.76 bits per heavy atom. The Kier molecular flexibility index (Phi) is 11.3. The van der Waals surface area contributed by atoms with Crippen molar-refractivity contribution in [3.63, 3.8) is 0 Å². The largest absolute Gasteiger partial charge is 0.530 e. The first-order valence-electron chi connectivity index (χ1n) is 15.8. The number of likely N-dealkylation sites (N-methyl/N-ethyl adjacent to an activating group) is 1. The fraction of sp³-hybridized carbons (Fsp3) is 0.371. The minimum atomic E-state index is -4.70. The lowest BCUT2D eigenvalue weighted by Gasteiger charge is -2.36. The number of halogens is 4. The van der Waals surface area contributed by atoms with Gasteiger partial charge in [-0.25, -0.2) is 9.97 Å². The van der Waals surface area contributed by atoms with Crippen LogP contribution >= 0.6 is 11.6 Å². The molecule has 0 aliphatic carbocycles. The van der Waals surface area contributed by atoms with Crippen molar-refractivity contribution >= 4 is 35.1 Å². The number of hydrogen-bond acceptors (Lipinski definition) is 9. The molecule has 1 amide bonds. The van der Waals surface area contributed by atoms with E-state index in [1.807, 2.05) is 19.1 Å². The lowest BCUT2D eigenvalue weighted by Crippen LogP contribution is -2.45. The molecule has 1 aliphatic heterocycles. The molecule has 2 aromatic carbocycles. The maximum absolute atomic E-state index is 13.9. The Morgan fingerprint density at radius 1 is 1.04 bits per heavy atom. The molecule has 5 rings (SSSR count). The predicted molar refractivity (Wildman–Crippen MR) is 180 cm³/mol. The van der Waals surface area contributed by atoms with Crippen molar-refractivity contribution in [3.8, 4) is 5.88 Å². The van der Waals surface area contributed by atoms with Gasteiger partial charge in [0.25, 0.3) is 0 Å². The van der Waals surface area contributed by atoms with Gasteiger partial charge in [0.2, 0.25) is 11.8 Å². The van der Waals surface area contributed by atoms with Gasteiger partial charge in [0, 0.05) is 50.0 Å². The van der Waals surface area contributed by atoms with Gasteiger partial charge in [0.1, 0.15) is 11.9 Å². The molecule has 260 valence electrons. The fourth-order valence-electron chi connectivity index (χ4n) is 6.06. The van der Waals surface area contributed by atoms with Gasteiger partial charge < -0.3 is 34.7 Å². The van der Waals surface area contributed by atoms with E-state index in [0.29, 0.717) is 34.9 Å². The molecule has 0 spiro atoms. The molecule has 10 nitrogen and oxygen atoms in total. The van der Waals surface area contributed by atoms with Crippen LogP contribution in [0.4, 0.5) is 35.4 Å². The third kappa shape index (κ3) is 8.97. The van der Waals surface area contributed by atoms with Crippen molar-refractivity contribution in [3.05, 3.63) is 99.3 Å². The van der Waals surface area contributed by atoms with Gasteiger partial charge in [0.05, 0.1) is 30.1 Å². The van der Waals surface area contributed by atoms with Crippen LogP contribution in [0.15, 0.2) is 60.9 Å². The molecule has 0 radical (unpaired) electrons. The number of aryl methyl sites for hydroxylation is 3. The van der Waals surface area contributed by atoms with Crippen LogP contribution in [-0.2, 0) is 6.18 Å². The highest BCUT2D eigenvalue weighted by atomic mass is 35.5. The van der Waals surface area contributed by atoms with Gasteiger partial charge in [-0.1, -0.05) is 29.3 Å². The lowest BCUT2D eigenvalue weighted by molar-refractivity contribution is -0.247. The summed E-state index contributed by atoms with van der Waals surface area (Å²) in [5, 5.41) is 15.9. The second-order valence-electron chi connectivity index (χ2n) is 12.2. The zero-order valence-electron chi connectivity index (χ0n) is 27.7. The minimum Gasteiger partial charge on any atom is -0.530 e. The molecular weight excluding hydrogens is 659 g/mol. The van der Waals surface area contributed by atoms with E-state index in [0.717, 1.165) is 67.8 Å². The minimum absolute atomic E-state index is 0.0256. The molecule has 1 atom stereocenters. The van der Waals surface area contributed by atoms with Crippen LogP contribution in [0.3, 0.4) is 0 Å². The number of anilines is 3. The number of amides is 1. The first-order valence-corrected chi connectivity index (χ1v) is 16.2. The van der Waals surface area contributed by atoms with E-state index in [9.17, 15) is 23.1 Å². The maximum atomic E-state index is 13.9. The standard InChI is InChI=1S/C35H39ClF3N7O3/c1-22-18-23(2)31(24(3)19-22)32(27-20-25(35(37,38)39)6-8-28(27)36)46(34(47)48)29-10-11-40-33(43-29)42-26-7-9-30(41-21-26)49-17-5-12-45-15-13-44(4)14-16-45/h6-11,18-21,32H,5,12-17H2,1-4H3,(H,47,48)(H,40,42,43)/p-1. The average Bonchev–Trinajstić information content (AvgIpc) is 3.03. The quantitative estimate of drug-likeness (QED) is 0.184. The van der Waals surface area contributed by atoms with E-state index in [2.05, 4.69) is 37.1 Å². The number of nitrogens with zero attached hydrogens (tertiary/aromatic N) is 6. The normalized spacial score (nSPS) is 14.8. The number of hydrogen-bond donors (Lipinski definition) is 1. The van der Waals surface area contributed by atoms with Crippen molar-refractivity contribution < 1.29 is 27.8 Å². The van der Waals surface area contributed by atoms with E-state index >= 15 is 0 Å². The van der Waals surface area contributed by atoms with Gasteiger partial charge in [-0.3, -0.25) is 0 Å². The van der Waals surface area contributed by atoms with E-state index < -0.39 is 23.9 Å². The van der Waals surface area contributed by atoms with Crippen LogP contribution in [0.2, 0.25) is 5.02 Å². The highest BCUT2D eigenvalue weighted by Gasteiger charge is 2.35. The Hall–Kier alpha value is -4.46. The molecule has 49 heavy (non-hydrogen) atoms. The van der Waals surface area contributed by atoms with Crippen LogP contribution in [0.5, 0.6) is 5.88 Å². The summed E-state index contributed by atoms with van der Waals surface area (Å²) in [5.41, 5.74) is 2.11. The summed E-state index contributed by atoms with van der Waals surface area (Å²) >= 11 is 6.52. The molecule has 4 aromatic rings. The van der Waals surface area contributed by atoms with E-state index in [1.54, 1.807) is 26.0 Å². The number of piperazine rings is 1. The summed E-state index contributed by atoms with van der Waals surface area (Å²) in [5.74, 6) is 0.340. The van der Waals surface area contributed by atoms with E-state index in [4.69, 9.17) is 16.3 Å². The molecular formula is C35H38ClF3N7O3-. The summed E-state index contributed by atoms with van der Waals surface area (Å²) in [4.78, 5) is 31.4.